The molecule has 0 aromatic rings. The molecule has 0 aliphatic heterocycles. The van der Waals surface area contributed by atoms with E-state index < -0.39 is 26.5 Å². The monoisotopic (exact) mass is 1400 g/mol. The lowest BCUT2D eigenvalue weighted by atomic mass is 10.0. The Bertz CT molecular complexity index is 1840. The summed E-state index contributed by atoms with van der Waals surface area (Å²) in [6.07, 6.45) is 107. The molecule has 0 saturated carbocycles. The molecule has 0 aromatic carbocycles. The molecule has 2 unspecified atom stereocenters. The number of hydrogen-bond donors (Lipinski definition) is 1. The van der Waals surface area contributed by atoms with Crippen molar-refractivity contribution in [2.24, 2.45) is 0 Å². The third-order valence-electron chi connectivity index (χ3n) is 19.6. The van der Waals surface area contributed by atoms with Crippen molar-refractivity contribution in [1.82, 2.24) is 0 Å². The van der Waals surface area contributed by atoms with Gasteiger partial charge in [-0.2, -0.15) is 0 Å². The second-order valence-corrected chi connectivity index (χ2v) is 32.0. The number of allylic oxidation sites excluding steroid dienone is 10. The zero-order chi connectivity index (χ0) is 71.1. The van der Waals surface area contributed by atoms with Gasteiger partial charge in [0.15, 0.2) is 6.10 Å². The molecule has 10 heteroatoms. The summed E-state index contributed by atoms with van der Waals surface area (Å²) in [4.78, 5) is 36.0. The number of quaternary nitrogens is 1. The molecule has 9 nitrogen and oxygen atoms in total. The number of unbranched alkanes of at least 4 members (excludes halogenated alkanes) is 57. The van der Waals surface area contributed by atoms with Crippen molar-refractivity contribution in [3.05, 3.63) is 60.8 Å². The van der Waals surface area contributed by atoms with E-state index in [1.807, 2.05) is 21.1 Å². The lowest BCUT2D eigenvalue weighted by Gasteiger charge is -2.24. The molecule has 576 valence electrons. The van der Waals surface area contributed by atoms with E-state index in [1.165, 1.54) is 340 Å². The SMILES string of the molecule is CC/C=C\C/C=C\C/C=C\C/C=C\C/C=C\CCCCCCCCCCCCCCCCCCCCCCCC(=O)OC(COC(=O)CCCCCCCCCCCCCCCCCCCCCCCCCCCCCCCCCCCCCCC)COP(=O)(O)OCC[N+](C)(C)C. The normalized spacial score (nSPS) is 13.2. The lowest BCUT2D eigenvalue weighted by molar-refractivity contribution is -0.870. The van der Waals surface area contributed by atoms with E-state index in [0.29, 0.717) is 23.9 Å². The summed E-state index contributed by atoms with van der Waals surface area (Å²) in [5, 5.41) is 0. The number of phosphoric ester groups is 1. The molecule has 0 aliphatic rings. The quantitative estimate of drug-likeness (QED) is 0.0211. The van der Waals surface area contributed by atoms with Crippen LogP contribution in [0.15, 0.2) is 60.8 Å². The highest BCUT2D eigenvalue weighted by molar-refractivity contribution is 7.47. The summed E-state index contributed by atoms with van der Waals surface area (Å²) in [5.41, 5.74) is 0. The molecule has 98 heavy (non-hydrogen) atoms. The van der Waals surface area contributed by atoms with E-state index in [1.54, 1.807) is 0 Å². The van der Waals surface area contributed by atoms with Crippen LogP contribution in [0.1, 0.15) is 438 Å². The van der Waals surface area contributed by atoms with Gasteiger partial charge >= 0.3 is 19.8 Å². The van der Waals surface area contributed by atoms with Crippen LogP contribution < -0.4 is 0 Å². The van der Waals surface area contributed by atoms with E-state index in [-0.39, 0.29) is 25.6 Å². The largest absolute Gasteiger partial charge is 0.472 e. The molecule has 0 rings (SSSR count). The Labute approximate surface area is 610 Å². The van der Waals surface area contributed by atoms with Crippen LogP contribution in [-0.2, 0) is 32.7 Å². The lowest BCUT2D eigenvalue weighted by Crippen LogP contribution is -2.37. The number of carbonyl (C=O) groups is 2. The Kier molecular flexibility index (Phi) is 77.0. The van der Waals surface area contributed by atoms with Gasteiger partial charge in [0.05, 0.1) is 27.7 Å². The summed E-state index contributed by atoms with van der Waals surface area (Å²) in [6.45, 7) is 4.40. The molecule has 0 bridgehead atoms. The van der Waals surface area contributed by atoms with Crippen molar-refractivity contribution in [3.63, 3.8) is 0 Å². The predicted molar refractivity (Wildman–Crippen MR) is 427 cm³/mol. The van der Waals surface area contributed by atoms with Crippen molar-refractivity contribution < 1.29 is 42.1 Å². The number of rotatable bonds is 81. The van der Waals surface area contributed by atoms with Crippen LogP contribution in [0.25, 0.3) is 0 Å². The van der Waals surface area contributed by atoms with Crippen molar-refractivity contribution in [1.29, 1.82) is 0 Å². The Morgan fingerprint density at radius 3 is 0.867 bits per heavy atom. The fraction of sp³-hybridized carbons (Fsp3) is 0.864. The number of phosphoric acid groups is 1. The van der Waals surface area contributed by atoms with Crippen LogP contribution in [0.5, 0.6) is 0 Å². The van der Waals surface area contributed by atoms with Crippen molar-refractivity contribution in [2.45, 2.75) is 444 Å². The fourth-order valence-corrected chi connectivity index (χ4v) is 13.8. The minimum Gasteiger partial charge on any atom is -0.462 e. The van der Waals surface area contributed by atoms with Gasteiger partial charge in [0.25, 0.3) is 0 Å². The van der Waals surface area contributed by atoms with Crippen LogP contribution in [0.2, 0.25) is 0 Å². The molecular formula is C88H167NO8P+. The molecular weight excluding hydrogens is 1230 g/mol. The zero-order valence-electron chi connectivity index (χ0n) is 66.0. The van der Waals surface area contributed by atoms with Crippen LogP contribution in [-0.4, -0.2) is 74.9 Å². The number of carbonyl (C=O) groups excluding carboxylic acids is 2. The van der Waals surface area contributed by atoms with E-state index in [0.717, 1.165) is 64.2 Å². The molecule has 0 spiro atoms. The number of hydrogen-bond acceptors (Lipinski definition) is 7. The Morgan fingerprint density at radius 1 is 0.327 bits per heavy atom. The number of esters is 2. The highest BCUT2D eigenvalue weighted by Gasteiger charge is 2.27. The molecule has 0 heterocycles. The highest BCUT2D eigenvalue weighted by atomic mass is 31.2. The first-order chi connectivity index (χ1) is 48.0. The Balaban J connectivity index is 3.87. The maximum atomic E-state index is 12.9. The zero-order valence-corrected chi connectivity index (χ0v) is 66.9. The van der Waals surface area contributed by atoms with E-state index in [9.17, 15) is 19.0 Å². The molecule has 0 aromatic heterocycles. The van der Waals surface area contributed by atoms with Crippen LogP contribution >= 0.6 is 7.82 Å². The smallest absolute Gasteiger partial charge is 0.462 e. The van der Waals surface area contributed by atoms with Crippen LogP contribution in [0.4, 0.5) is 0 Å². The van der Waals surface area contributed by atoms with E-state index in [2.05, 4.69) is 74.6 Å². The first-order valence-electron chi connectivity index (χ1n) is 43.0. The van der Waals surface area contributed by atoms with Gasteiger partial charge in [-0.1, -0.05) is 428 Å². The highest BCUT2D eigenvalue weighted by Crippen LogP contribution is 2.43. The maximum absolute atomic E-state index is 12.9. The molecule has 2 atom stereocenters. The molecule has 0 radical (unpaired) electrons. The molecule has 0 fully saturated rings. The minimum atomic E-state index is -4.40. The minimum absolute atomic E-state index is 0.0345. The Morgan fingerprint density at radius 2 is 0.582 bits per heavy atom. The maximum Gasteiger partial charge on any atom is 0.472 e. The van der Waals surface area contributed by atoms with Crippen molar-refractivity contribution >= 4 is 19.8 Å². The Hall–Kier alpha value is -2.29. The van der Waals surface area contributed by atoms with Gasteiger partial charge in [-0.05, 0) is 57.8 Å². The van der Waals surface area contributed by atoms with Crippen LogP contribution in [0.3, 0.4) is 0 Å². The topological polar surface area (TPSA) is 108 Å². The van der Waals surface area contributed by atoms with Gasteiger partial charge in [0.1, 0.15) is 19.8 Å². The fourth-order valence-electron chi connectivity index (χ4n) is 13.1. The third-order valence-corrected chi connectivity index (χ3v) is 20.5. The first-order valence-corrected chi connectivity index (χ1v) is 44.5. The third kappa shape index (κ3) is 82.7. The standard InChI is InChI=1S/C88H166NO8P/c1-6-8-10-12-14-16-18-20-22-24-26-28-30-32-34-36-38-40-42-44-46-48-50-52-54-56-58-60-62-64-66-68-70-72-74-76-78-80-87(90)94-84-86(85-96-98(92,93)95-83-82-89(3,4)5)97-88(91)81-79-77-75-73-71-69-67-65-63-61-59-57-55-53-51-49-47-45-43-41-39-37-35-33-31-29-27-25-23-21-19-17-15-13-11-9-7-2/h9,11,15,17,21,23,27,29,33,35,86H,6-8,10,12-14,16,18-20,22,24-26,28,30-32,34,36-85H2,1-5H3/p+1/b11-9-,17-15-,23-21-,29-27-,35-33-. The summed E-state index contributed by atoms with van der Waals surface area (Å²) >= 11 is 0. The number of likely N-dealkylation sites (N-methyl/N-ethyl adjacent to an activating group) is 1. The second kappa shape index (κ2) is 78.8. The number of nitrogens with zero attached hydrogens (tertiary/aromatic N) is 1. The second-order valence-electron chi connectivity index (χ2n) is 30.6. The summed E-state index contributed by atoms with van der Waals surface area (Å²) in [5.74, 6) is -0.771. The van der Waals surface area contributed by atoms with Crippen molar-refractivity contribution in [3.8, 4) is 0 Å². The summed E-state index contributed by atoms with van der Waals surface area (Å²) < 4.78 is 34.9. The van der Waals surface area contributed by atoms with Gasteiger partial charge in [-0.15, -0.1) is 0 Å². The van der Waals surface area contributed by atoms with Gasteiger partial charge < -0.3 is 18.9 Å². The average Bonchev–Trinajstić information content (AvgIpc) is 1.08. The first kappa shape index (κ1) is 95.7. The van der Waals surface area contributed by atoms with Crippen molar-refractivity contribution in [2.75, 3.05) is 47.5 Å². The van der Waals surface area contributed by atoms with Gasteiger partial charge in [0.2, 0.25) is 0 Å². The summed E-state index contributed by atoms with van der Waals surface area (Å²) in [6, 6.07) is 0. The molecule has 0 saturated heterocycles. The van der Waals surface area contributed by atoms with E-state index >= 15 is 0 Å². The molecule has 1 N–H and O–H groups in total. The van der Waals surface area contributed by atoms with E-state index in [4.69, 9.17) is 18.5 Å². The average molecular weight is 1400 g/mol. The van der Waals surface area contributed by atoms with Crippen LogP contribution in [0, 0.1) is 0 Å². The molecule has 0 aliphatic carbocycles. The number of ether oxygens (including phenoxy) is 2. The molecule has 0 amide bonds. The van der Waals surface area contributed by atoms with Gasteiger partial charge in [0, 0.05) is 12.8 Å². The summed E-state index contributed by atoms with van der Waals surface area (Å²) in [7, 11) is 1.50. The van der Waals surface area contributed by atoms with Gasteiger partial charge in [-0.25, -0.2) is 4.57 Å². The predicted octanol–water partition coefficient (Wildman–Crippen LogP) is 28.8. The van der Waals surface area contributed by atoms with Gasteiger partial charge in [-0.3, -0.25) is 18.6 Å².